The Labute approximate surface area is 75.6 Å². The van der Waals surface area contributed by atoms with Gasteiger partial charge in [-0.1, -0.05) is 21.9 Å². The Morgan fingerprint density at radius 1 is 1.78 bits per heavy atom. The van der Waals surface area contributed by atoms with Crippen LogP contribution in [0, 0.1) is 9.85 Å². The van der Waals surface area contributed by atoms with Crippen LogP contribution in [0.3, 0.4) is 0 Å². The van der Waals surface area contributed by atoms with Crippen molar-refractivity contribution >= 4 is 44.5 Å². The summed E-state index contributed by atoms with van der Waals surface area (Å²) in [5.74, 6) is 2.30. The molecule has 0 N–H and O–H groups in total. The van der Waals surface area contributed by atoms with Crippen molar-refractivity contribution in [3.63, 3.8) is 0 Å². The Hall–Kier alpha value is 0.240. The Morgan fingerprint density at radius 3 is 2.89 bits per heavy atom. The number of ether oxygens (including phenoxy) is 1. The number of esters is 1. The Balaban J connectivity index is 3.24. The van der Waals surface area contributed by atoms with Gasteiger partial charge in [0.1, 0.15) is 5.33 Å². The van der Waals surface area contributed by atoms with Crippen LogP contribution in [0.5, 0.6) is 0 Å². The molecule has 2 nitrogen and oxygen atoms in total. The summed E-state index contributed by atoms with van der Waals surface area (Å²) >= 11 is 4.82. The van der Waals surface area contributed by atoms with Crippen molar-refractivity contribution in [3.05, 3.63) is 0 Å². The maximum atomic E-state index is 10.3. The van der Waals surface area contributed by atoms with E-state index in [1.165, 1.54) is 0 Å². The molecular weight excluding hydrogens is 299 g/mol. The van der Waals surface area contributed by atoms with Gasteiger partial charge >= 0.3 is 5.97 Å². The van der Waals surface area contributed by atoms with Crippen molar-refractivity contribution in [2.45, 2.75) is 0 Å². The molecule has 0 radical (unpaired) electrons. The predicted octanol–water partition coefficient (Wildman–Crippen LogP) is 1.32. The van der Waals surface area contributed by atoms with Gasteiger partial charge < -0.3 is 4.74 Å². The third-order valence-electron chi connectivity index (χ3n) is 0.481. The highest BCUT2D eigenvalue weighted by Crippen LogP contribution is 1.84. The number of halogens is 2. The molecule has 0 saturated carbocycles. The number of hydrogen-bond acceptors (Lipinski definition) is 2. The lowest BCUT2D eigenvalue weighted by Gasteiger charge is -1.92. The van der Waals surface area contributed by atoms with Crippen LogP contribution in [0.2, 0.25) is 0 Å². The first-order valence-electron chi connectivity index (χ1n) is 2.11. The van der Waals surface area contributed by atoms with Gasteiger partial charge in [0.05, 0.1) is 0 Å². The first-order valence-corrected chi connectivity index (χ1v) is 4.31. The fourth-order valence-corrected chi connectivity index (χ4v) is 0.500. The van der Waals surface area contributed by atoms with E-state index in [0.717, 1.165) is 0 Å². The Bertz CT molecular complexity index is 147. The van der Waals surface area contributed by atoms with E-state index in [1.807, 2.05) is 22.6 Å². The van der Waals surface area contributed by atoms with Crippen LogP contribution in [-0.4, -0.2) is 17.9 Å². The molecule has 0 aromatic carbocycles. The molecule has 4 heteroatoms. The molecular formula is C5H4BrIO2. The lowest BCUT2D eigenvalue weighted by atomic mass is 10.7. The minimum absolute atomic E-state index is 0.188. The molecule has 0 aromatic rings. The van der Waals surface area contributed by atoms with Crippen molar-refractivity contribution in [1.82, 2.24) is 0 Å². The van der Waals surface area contributed by atoms with Crippen molar-refractivity contribution in [2.24, 2.45) is 0 Å². The zero-order chi connectivity index (χ0) is 7.11. The number of carbonyl (C=O) groups excluding carboxylic acids is 1. The molecule has 0 aromatic heterocycles. The predicted molar refractivity (Wildman–Crippen MR) is 46.5 cm³/mol. The van der Waals surface area contributed by atoms with E-state index in [2.05, 4.69) is 30.5 Å². The molecule has 0 heterocycles. The van der Waals surface area contributed by atoms with Crippen LogP contribution in [0.25, 0.3) is 0 Å². The fraction of sp³-hybridized carbons (Fsp3) is 0.400. The SMILES string of the molecule is O=C(CBr)OCC#CI. The van der Waals surface area contributed by atoms with E-state index in [-0.39, 0.29) is 17.9 Å². The Morgan fingerprint density at radius 2 is 2.44 bits per heavy atom. The molecule has 0 rings (SSSR count). The maximum Gasteiger partial charge on any atom is 0.317 e. The standard InChI is InChI=1S/C5H4BrIO2/c6-4-5(8)9-3-1-2-7/h3-4H2. The summed E-state index contributed by atoms with van der Waals surface area (Å²) in [6.45, 7) is 0.188. The molecule has 0 unspecified atom stereocenters. The topological polar surface area (TPSA) is 26.3 Å². The second-order valence-corrected chi connectivity index (χ2v) is 2.17. The second-order valence-electron chi connectivity index (χ2n) is 1.07. The average Bonchev–Trinajstić information content (AvgIpc) is 1.89. The van der Waals surface area contributed by atoms with E-state index < -0.39 is 0 Å². The molecule has 50 valence electrons. The lowest BCUT2D eigenvalue weighted by molar-refractivity contribution is -0.138. The summed E-state index contributed by atoms with van der Waals surface area (Å²) in [6, 6.07) is 0. The molecule has 0 aliphatic rings. The summed E-state index contributed by atoms with van der Waals surface area (Å²) in [7, 11) is 0. The molecule has 0 saturated heterocycles. The smallest absolute Gasteiger partial charge is 0.317 e. The number of carbonyl (C=O) groups is 1. The van der Waals surface area contributed by atoms with E-state index in [4.69, 9.17) is 0 Å². The normalized spacial score (nSPS) is 7.33. The summed E-state index contributed by atoms with van der Waals surface area (Å²) < 4.78 is 7.14. The van der Waals surface area contributed by atoms with Gasteiger partial charge in [-0.2, -0.15) is 0 Å². The van der Waals surface area contributed by atoms with Gasteiger partial charge in [0.2, 0.25) is 0 Å². The highest BCUT2D eigenvalue weighted by molar-refractivity contribution is 14.1. The summed E-state index contributed by atoms with van der Waals surface area (Å²) in [6.07, 6.45) is 0. The maximum absolute atomic E-state index is 10.3. The zero-order valence-corrected chi connectivity index (χ0v) is 8.23. The molecule has 0 atom stereocenters. The van der Waals surface area contributed by atoms with Gasteiger partial charge in [0, 0.05) is 22.6 Å². The third-order valence-corrected chi connectivity index (χ3v) is 1.32. The van der Waals surface area contributed by atoms with E-state index in [0.29, 0.717) is 0 Å². The summed E-state index contributed by atoms with van der Waals surface area (Å²) in [4.78, 5) is 10.3. The quantitative estimate of drug-likeness (QED) is 0.333. The van der Waals surface area contributed by atoms with Gasteiger partial charge in [-0.3, -0.25) is 4.79 Å². The molecule has 0 aliphatic carbocycles. The van der Waals surface area contributed by atoms with Gasteiger partial charge in [-0.25, -0.2) is 0 Å². The van der Waals surface area contributed by atoms with Crippen LogP contribution in [0.15, 0.2) is 0 Å². The molecule has 0 fully saturated rings. The highest BCUT2D eigenvalue weighted by atomic mass is 127. The third kappa shape index (κ3) is 6.12. The van der Waals surface area contributed by atoms with E-state index in [9.17, 15) is 4.79 Å². The molecule has 0 bridgehead atoms. The van der Waals surface area contributed by atoms with E-state index in [1.54, 1.807) is 0 Å². The number of hydrogen-bond donors (Lipinski definition) is 0. The van der Waals surface area contributed by atoms with Crippen LogP contribution < -0.4 is 0 Å². The van der Waals surface area contributed by atoms with Crippen molar-refractivity contribution in [1.29, 1.82) is 0 Å². The van der Waals surface area contributed by atoms with Crippen LogP contribution >= 0.6 is 38.5 Å². The first-order chi connectivity index (χ1) is 4.31. The number of alkyl halides is 1. The molecule has 0 aliphatic heterocycles. The van der Waals surface area contributed by atoms with Gasteiger partial charge in [0.15, 0.2) is 6.61 Å². The Kier molecular flexibility index (Phi) is 6.53. The highest BCUT2D eigenvalue weighted by Gasteiger charge is 1.94. The molecule has 9 heavy (non-hydrogen) atoms. The lowest BCUT2D eigenvalue weighted by Crippen LogP contribution is -2.04. The summed E-state index contributed by atoms with van der Waals surface area (Å²) in [5, 5.41) is 0.232. The van der Waals surface area contributed by atoms with Gasteiger partial charge in [0.25, 0.3) is 0 Å². The summed E-state index contributed by atoms with van der Waals surface area (Å²) in [5.41, 5.74) is 0. The molecule has 0 spiro atoms. The second kappa shape index (κ2) is 6.36. The van der Waals surface area contributed by atoms with E-state index >= 15 is 0 Å². The first kappa shape index (κ1) is 9.24. The zero-order valence-electron chi connectivity index (χ0n) is 4.49. The van der Waals surface area contributed by atoms with Crippen molar-refractivity contribution in [2.75, 3.05) is 11.9 Å². The number of rotatable bonds is 2. The minimum Gasteiger partial charge on any atom is -0.452 e. The van der Waals surface area contributed by atoms with Crippen molar-refractivity contribution < 1.29 is 9.53 Å². The van der Waals surface area contributed by atoms with Crippen LogP contribution in [-0.2, 0) is 9.53 Å². The average molecular weight is 303 g/mol. The van der Waals surface area contributed by atoms with Crippen LogP contribution in [0.1, 0.15) is 0 Å². The van der Waals surface area contributed by atoms with Gasteiger partial charge in [-0.05, 0) is 3.93 Å². The largest absolute Gasteiger partial charge is 0.452 e. The van der Waals surface area contributed by atoms with Gasteiger partial charge in [-0.15, -0.1) is 0 Å². The monoisotopic (exact) mass is 302 g/mol. The van der Waals surface area contributed by atoms with Crippen LogP contribution in [0.4, 0.5) is 0 Å². The molecule has 0 amide bonds. The fourth-order valence-electron chi connectivity index (χ4n) is 0.182. The van der Waals surface area contributed by atoms with Crippen molar-refractivity contribution in [3.8, 4) is 9.85 Å². The minimum atomic E-state index is -0.283.